The molecule has 0 saturated carbocycles. The molecule has 4 nitrogen and oxygen atoms in total. The van der Waals surface area contributed by atoms with Gasteiger partial charge in [-0.3, -0.25) is 0 Å². The van der Waals surface area contributed by atoms with Crippen molar-refractivity contribution in [2.75, 3.05) is 31.7 Å². The average Bonchev–Trinajstić information content (AvgIpc) is 2.34. The summed E-state index contributed by atoms with van der Waals surface area (Å²) in [6.07, 6.45) is 3.77. The van der Waals surface area contributed by atoms with Gasteiger partial charge in [-0.25, -0.2) is 9.97 Å². The molecule has 5 heteroatoms. The van der Waals surface area contributed by atoms with E-state index in [0.717, 1.165) is 44.0 Å². The molecule has 0 spiro atoms. The molecule has 0 aromatic carbocycles. The highest BCUT2D eigenvalue weighted by molar-refractivity contribution is 6.30. The summed E-state index contributed by atoms with van der Waals surface area (Å²) in [5.74, 6) is 1.61. The lowest BCUT2D eigenvalue weighted by atomic mass is 10.00. The molecule has 0 atom stereocenters. The van der Waals surface area contributed by atoms with Crippen LogP contribution in [0.3, 0.4) is 0 Å². The number of hydrogen-bond acceptors (Lipinski definition) is 4. The smallest absolute Gasteiger partial charge is 0.137 e. The maximum absolute atomic E-state index is 6.00. The van der Waals surface area contributed by atoms with Gasteiger partial charge in [-0.05, 0) is 25.7 Å². The fraction of sp³-hybridized carbons (Fsp3) is 0.667. The van der Waals surface area contributed by atoms with Crippen LogP contribution in [0.4, 0.5) is 5.82 Å². The van der Waals surface area contributed by atoms with Crippen LogP contribution in [-0.4, -0.2) is 36.8 Å². The minimum Gasteiger partial charge on any atom is -0.381 e. The third-order valence-corrected chi connectivity index (χ3v) is 3.61. The van der Waals surface area contributed by atoms with E-state index in [4.69, 9.17) is 16.3 Å². The molecule has 17 heavy (non-hydrogen) atoms. The second-order valence-electron chi connectivity index (χ2n) is 4.55. The van der Waals surface area contributed by atoms with Gasteiger partial charge in [-0.2, -0.15) is 0 Å². The Bertz CT molecular complexity index is 380. The van der Waals surface area contributed by atoms with Crippen molar-refractivity contribution in [3.63, 3.8) is 0 Å². The highest BCUT2D eigenvalue weighted by Gasteiger charge is 2.18. The lowest BCUT2D eigenvalue weighted by Gasteiger charge is -2.28. The van der Waals surface area contributed by atoms with Gasteiger partial charge in [-0.15, -0.1) is 0 Å². The Labute approximate surface area is 107 Å². The number of aromatic nitrogens is 2. The van der Waals surface area contributed by atoms with Crippen LogP contribution >= 0.6 is 11.6 Å². The van der Waals surface area contributed by atoms with Gasteiger partial charge in [-0.1, -0.05) is 11.6 Å². The predicted molar refractivity (Wildman–Crippen MR) is 68.6 cm³/mol. The molecule has 1 aliphatic rings. The van der Waals surface area contributed by atoms with E-state index in [1.165, 1.54) is 6.33 Å². The summed E-state index contributed by atoms with van der Waals surface area (Å²) in [7, 11) is 2.06. The molecule has 1 aromatic heterocycles. The van der Waals surface area contributed by atoms with E-state index in [1.807, 2.05) is 6.92 Å². The molecular weight excluding hydrogens is 238 g/mol. The van der Waals surface area contributed by atoms with Crippen LogP contribution in [0.15, 0.2) is 6.33 Å². The lowest BCUT2D eigenvalue weighted by molar-refractivity contribution is 0.0685. The van der Waals surface area contributed by atoms with Gasteiger partial charge in [0, 0.05) is 32.4 Å². The maximum atomic E-state index is 6.00. The summed E-state index contributed by atoms with van der Waals surface area (Å²) in [5.41, 5.74) is 0.948. The molecule has 0 amide bonds. The Morgan fingerprint density at radius 2 is 2.12 bits per heavy atom. The largest absolute Gasteiger partial charge is 0.381 e. The highest BCUT2D eigenvalue weighted by atomic mass is 35.5. The number of halogens is 1. The van der Waals surface area contributed by atoms with E-state index in [-0.39, 0.29) is 0 Å². The van der Waals surface area contributed by atoms with Gasteiger partial charge in [0.2, 0.25) is 0 Å². The first-order valence-electron chi connectivity index (χ1n) is 5.94. The van der Waals surface area contributed by atoms with E-state index >= 15 is 0 Å². The van der Waals surface area contributed by atoms with E-state index in [9.17, 15) is 0 Å². The van der Waals surface area contributed by atoms with E-state index in [1.54, 1.807) is 0 Å². The number of hydrogen-bond donors (Lipinski definition) is 0. The quantitative estimate of drug-likeness (QED) is 0.777. The van der Waals surface area contributed by atoms with E-state index < -0.39 is 0 Å². The Morgan fingerprint density at radius 1 is 1.41 bits per heavy atom. The third kappa shape index (κ3) is 3.07. The zero-order valence-corrected chi connectivity index (χ0v) is 11.1. The second-order valence-corrected chi connectivity index (χ2v) is 4.91. The van der Waals surface area contributed by atoms with Crippen LogP contribution < -0.4 is 4.90 Å². The van der Waals surface area contributed by atoms with Gasteiger partial charge < -0.3 is 9.64 Å². The molecule has 0 radical (unpaired) electrons. The molecule has 1 aromatic rings. The van der Waals surface area contributed by atoms with Crippen molar-refractivity contribution >= 4 is 17.4 Å². The fourth-order valence-corrected chi connectivity index (χ4v) is 2.34. The summed E-state index contributed by atoms with van der Waals surface area (Å²) >= 11 is 6.00. The Hall–Kier alpha value is -0.870. The zero-order valence-electron chi connectivity index (χ0n) is 10.3. The van der Waals surface area contributed by atoms with Crippen LogP contribution in [0, 0.1) is 12.8 Å². The fourth-order valence-electron chi connectivity index (χ4n) is 2.21. The van der Waals surface area contributed by atoms with Crippen LogP contribution in [0.2, 0.25) is 5.15 Å². The van der Waals surface area contributed by atoms with Gasteiger partial charge in [0.15, 0.2) is 0 Å². The Kier molecular flexibility index (Phi) is 4.18. The van der Waals surface area contributed by atoms with Crippen molar-refractivity contribution in [1.29, 1.82) is 0 Å². The summed E-state index contributed by atoms with van der Waals surface area (Å²) < 4.78 is 5.36. The molecule has 0 N–H and O–H groups in total. The minimum absolute atomic E-state index is 0.536. The number of nitrogens with zero attached hydrogens (tertiary/aromatic N) is 3. The van der Waals surface area contributed by atoms with Crippen molar-refractivity contribution in [2.45, 2.75) is 19.8 Å². The summed E-state index contributed by atoms with van der Waals surface area (Å²) in [6, 6.07) is 0. The van der Waals surface area contributed by atoms with Crippen LogP contribution in [0.5, 0.6) is 0 Å². The Morgan fingerprint density at radius 3 is 2.82 bits per heavy atom. The molecule has 94 valence electrons. The molecule has 2 rings (SSSR count). The first kappa shape index (κ1) is 12.6. The topological polar surface area (TPSA) is 38.2 Å². The van der Waals surface area contributed by atoms with Crippen LogP contribution in [0.1, 0.15) is 18.4 Å². The third-order valence-electron chi connectivity index (χ3n) is 3.23. The van der Waals surface area contributed by atoms with Gasteiger partial charge in [0.05, 0.1) is 0 Å². The normalized spacial score (nSPS) is 17.1. The first-order valence-corrected chi connectivity index (χ1v) is 6.32. The SMILES string of the molecule is Cc1c(Cl)ncnc1N(C)CC1CCOCC1. The molecule has 0 bridgehead atoms. The standard InChI is InChI=1S/C12H18ClN3O/c1-9-11(13)14-8-15-12(9)16(2)7-10-3-5-17-6-4-10/h8,10H,3-7H2,1-2H3. The monoisotopic (exact) mass is 255 g/mol. The van der Waals surface area contributed by atoms with Crippen molar-refractivity contribution in [1.82, 2.24) is 9.97 Å². The van der Waals surface area contributed by atoms with Crippen LogP contribution in [-0.2, 0) is 4.74 Å². The molecule has 1 fully saturated rings. The molecule has 1 saturated heterocycles. The molecular formula is C12H18ClN3O. The Balaban J connectivity index is 2.03. The molecule has 0 aliphatic carbocycles. The molecule has 2 heterocycles. The van der Waals surface area contributed by atoms with Gasteiger partial charge in [0.1, 0.15) is 17.3 Å². The van der Waals surface area contributed by atoms with Crippen molar-refractivity contribution < 1.29 is 4.74 Å². The lowest BCUT2D eigenvalue weighted by Crippen LogP contribution is -2.30. The van der Waals surface area contributed by atoms with Gasteiger partial charge >= 0.3 is 0 Å². The number of anilines is 1. The zero-order chi connectivity index (χ0) is 12.3. The number of rotatable bonds is 3. The van der Waals surface area contributed by atoms with Crippen molar-refractivity contribution in [3.8, 4) is 0 Å². The molecule has 1 aliphatic heterocycles. The van der Waals surface area contributed by atoms with Crippen molar-refractivity contribution in [3.05, 3.63) is 17.0 Å². The first-order chi connectivity index (χ1) is 8.18. The summed E-state index contributed by atoms with van der Waals surface area (Å²) in [5, 5.41) is 0.536. The summed E-state index contributed by atoms with van der Waals surface area (Å²) in [4.78, 5) is 10.4. The summed E-state index contributed by atoms with van der Waals surface area (Å²) in [6.45, 7) is 4.71. The number of ether oxygens (including phenoxy) is 1. The van der Waals surface area contributed by atoms with Crippen molar-refractivity contribution in [2.24, 2.45) is 5.92 Å². The second kappa shape index (κ2) is 5.65. The minimum atomic E-state index is 0.536. The average molecular weight is 256 g/mol. The maximum Gasteiger partial charge on any atom is 0.137 e. The van der Waals surface area contributed by atoms with Gasteiger partial charge in [0.25, 0.3) is 0 Å². The van der Waals surface area contributed by atoms with Crippen LogP contribution in [0.25, 0.3) is 0 Å². The highest BCUT2D eigenvalue weighted by Crippen LogP contribution is 2.23. The van der Waals surface area contributed by atoms with E-state index in [0.29, 0.717) is 11.1 Å². The molecule has 0 unspecified atom stereocenters. The van der Waals surface area contributed by atoms with E-state index in [2.05, 4.69) is 21.9 Å². The predicted octanol–water partition coefficient (Wildman–Crippen LogP) is 2.30.